The van der Waals surface area contributed by atoms with Crippen molar-refractivity contribution < 1.29 is 4.74 Å². The van der Waals surface area contributed by atoms with E-state index < -0.39 is 0 Å². The summed E-state index contributed by atoms with van der Waals surface area (Å²) >= 11 is 10.4. The minimum absolute atomic E-state index is 0.0897. The lowest BCUT2D eigenvalue weighted by Crippen LogP contribution is -2.18. The Hall–Kier alpha value is -0.360. The number of hydrogen-bond donors (Lipinski definition) is 1. The predicted molar refractivity (Wildman–Crippen MR) is 93.4 cm³/mol. The average Bonchev–Trinajstić information content (AvgIpc) is 2.35. The Balaban J connectivity index is 2.34. The van der Waals surface area contributed by atoms with Crippen molar-refractivity contribution in [3.05, 3.63) is 55.4 Å². The van der Waals surface area contributed by atoms with Crippen LogP contribution in [-0.4, -0.2) is 6.04 Å². The van der Waals surface area contributed by atoms with Gasteiger partial charge in [-0.1, -0.05) is 37.9 Å². The van der Waals surface area contributed by atoms with Crippen LogP contribution in [-0.2, 0) is 6.42 Å². The molecule has 2 aromatic rings. The molecule has 0 heterocycles. The van der Waals surface area contributed by atoms with E-state index in [0.717, 1.165) is 36.9 Å². The van der Waals surface area contributed by atoms with Crippen molar-refractivity contribution >= 4 is 47.8 Å². The summed E-state index contributed by atoms with van der Waals surface area (Å²) in [5, 5.41) is 0. The molecule has 0 saturated heterocycles. The third kappa shape index (κ3) is 4.32. The quantitative estimate of drug-likeness (QED) is 0.635. The van der Waals surface area contributed by atoms with Gasteiger partial charge < -0.3 is 10.5 Å². The van der Waals surface area contributed by atoms with Gasteiger partial charge in [-0.3, -0.25) is 0 Å². The van der Waals surface area contributed by atoms with Crippen molar-refractivity contribution in [1.29, 1.82) is 0 Å². The number of halogens is 3. The van der Waals surface area contributed by atoms with Crippen LogP contribution in [0, 0.1) is 0 Å². The van der Waals surface area contributed by atoms with Gasteiger partial charge in [0.15, 0.2) is 0 Å². The van der Waals surface area contributed by atoms with Crippen LogP contribution >= 0.6 is 47.8 Å². The molecule has 0 aliphatic carbocycles. The second-order valence-electron chi connectivity index (χ2n) is 4.61. The van der Waals surface area contributed by atoms with Gasteiger partial charge in [0.1, 0.15) is 11.5 Å². The second-order valence-corrected chi connectivity index (χ2v) is 7.30. The molecule has 1 unspecified atom stereocenters. The lowest BCUT2D eigenvalue weighted by Gasteiger charge is -2.14. The lowest BCUT2D eigenvalue weighted by atomic mass is 10.1. The summed E-state index contributed by atoms with van der Waals surface area (Å²) in [6.45, 7) is 1.99. The zero-order valence-corrected chi connectivity index (χ0v) is 15.6. The SMILES string of the molecule is CC(N)Cc1ccc(Br)cc1Oc1ccc(Br)cc1Br. The highest BCUT2D eigenvalue weighted by molar-refractivity contribution is 9.11. The highest BCUT2D eigenvalue weighted by Gasteiger charge is 2.10. The molecule has 0 radical (unpaired) electrons. The van der Waals surface area contributed by atoms with E-state index in [9.17, 15) is 0 Å². The number of benzene rings is 2. The van der Waals surface area contributed by atoms with Crippen molar-refractivity contribution in [3.63, 3.8) is 0 Å². The molecular formula is C15H14Br3NO. The normalized spacial score (nSPS) is 12.2. The molecule has 5 heteroatoms. The van der Waals surface area contributed by atoms with Crippen molar-refractivity contribution in [2.45, 2.75) is 19.4 Å². The van der Waals surface area contributed by atoms with E-state index in [1.807, 2.05) is 43.3 Å². The zero-order valence-electron chi connectivity index (χ0n) is 10.9. The third-order valence-corrected chi connectivity index (χ3v) is 4.29. The molecule has 2 aromatic carbocycles. The monoisotopic (exact) mass is 461 g/mol. The molecule has 2 nitrogen and oxygen atoms in total. The maximum absolute atomic E-state index is 6.02. The number of rotatable bonds is 4. The summed E-state index contributed by atoms with van der Waals surface area (Å²) in [6, 6.07) is 11.9. The smallest absolute Gasteiger partial charge is 0.141 e. The Morgan fingerprint density at radius 1 is 1.00 bits per heavy atom. The van der Waals surface area contributed by atoms with Gasteiger partial charge >= 0.3 is 0 Å². The Kier molecular flexibility index (Phi) is 5.66. The topological polar surface area (TPSA) is 35.2 Å². The summed E-state index contributed by atoms with van der Waals surface area (Å²) in [4.78, 5) is 0. The second kappa shape index (κ2) is 7.07. The summed E-state index contributed by atoms with van der Waals surface area (Å²) in [5.74, 6) is 1.59. The molecule has 1 atom stereocenters. The van der Waals surface area contributed by atoms with Crippen LogP contribution < -0.4 is 10.5 Å². The van der Waals surface area contributed by atoms with Gasteiger partial charge in [0.05, 0.1) is 4.47 Å². The molecule has 2 N–H and O–H groups in total. The van der Waals surface area contributed by atoms with Gasteiger partial charge in [0.2, 0.25) is 0 Å². The molecule has 0 saturated carbocycles. The first-order chi connectivity index (χ1) is 9.45. The van der Waals surface area contributed by atoms with Crippen molar-refractivity contribution in [1.82, 2.24) is 0 Å². The van der Waals surface area contributed by atoms with E-state index in [2.05, 4.69) is 47.8 Å². The van der Waals surface area contributed by atoms with Gasteiger partial charge in [-0.25, -0.2) is 0 Å². The van der Waals surface area contributed by atoms with Crippen LogP contribution in [0.5, 0.6) is 11.5 Å². The Morgan fingerprint density at radius 3 is 2.30 bits per heavy atom. The van der Waals surface area contributed by atoms with Crippen molar-refractivity contribution in [2.75, 3.05) is 0 Å². The summed E-state index contributed by atoms with van der Waals surface area (Å²) in [7, 11) is 0. The molecule has 0 aliphatic rings. The number of nitrogens with two attached hydrogens (primary N) is 1. The van der Waals surface area contributed by atoms with Gasteiger partial charge in [-0.05, 0) is 65.2 Å². The van der Waals surface area contributed by atoms with Crippen LogP contribution in [0.2, 0.25) is 0 Å². The molecule has 0 aromatic heterocycles. The van der Waals surface area contributed by atoms with Crippen LogP contribution in [0.4, 0.5) is 0 Å². The Bertz CT molecular complexity index is 614. The predicted octanol–water partition coefficient (Wildman–Crippen LogP) is 5.66. The fraction of sp³-hybridized carbons (Fsp3) is 0.200. The van der Waals surface area contributed by atoms with Gasteiger partial charge in [-0.15, -0.1) is 0 Å². The highest BCUT2D eigenvalue weighted by Crippen LogP contribution is 2.35. The zero-order chi connectivity index (χ0) is 14.7. The van der Waals surface area contributed by atoms with E-state index in [-0.39, 0.29) is 6.04 Å². The number of hydrogen-bond acceptors (Lipinski definition) is 2. The molecule has 20 heavy (non-hydrogen) atoms. The van der Waals surface area contributed by atoms with Crippen molar-refractivity contribution in [3.8, 4) is 11.5 Å². The first kappa shape index (κ1) is 16.0. The molecule has 106 valence electrons. The molecular weight excluding hydrogens is 450 g/mol. The van der Waals surface area contributed by atoms with E-state index in [1.165, 1.54) is 0 Å². The minimum Gasteiger partial charge on any atom is -0.456 e. The summed E-state index contributed by atoms with van der Waals surface area (Å²) in [5.41, 5.74) is 6.99. The molecule has 2 rings (SSSR count). The van der Waals surface area contributed by atoms with E-state index in [0.29, 0.717) is 0 Å². The Morgan fingerprint density at radius 2 is 1.65 bits per heavy atom. The first-order valence-electron chi connectivity index (χ1n) is 6.12. The Labute approximate surface area is 144 Å². The standard InChI is InChI=1S/C15H14Br3NO/c1-9(19)6-10-2-3-12(17)8-15(10)20-14-5-4-11(16)7-13(14)18/h2-5,7-9H,6,19H2,1H3. The lowest BCUT2D eigenvalue weighted by molar-refractivity contribution is 0.470. The largest absolute Gasteiger partial charge is 0.456 e. The molecule has 0 aliphatic heterocycles. The third-order valence-electron chi connectivity index (χ3n) is 2.68. The average molecular weight is 464 g/mol. The molecule has 0 bridgehead atoms. The van der Waals surface area contributed by atoms with Gasteiger partial charge in [0, 0.05) is 15.0 Å². The van der Waals surface area contributed by atoms with Crippen molar-refractivity contribution in [2.24, 2.45) is 5.73 Å². The molecule has 0 amide bonds. The van der Waals surface area contributed by atoms with E-state index in [4.69, 9.17) is 10.5 Å². The maximum Gasteiger partial charge on any atom is 0.141 e. The van der Waals surface area contributed by atoms with Gasteiger partial charge in [0.25, 0.3) is 0 Å². The molecule has 0 fully saturated rings. The van der Waals surface area contributed by atoms with Crippen LogP contribution in [0.25, 0.3) is 0 Å². The minimum atomic E-state index is 0.0897. The van der Waals surface area contributed by atoms with Gasteiger partial charge in [-0.2, -0.15) is 0 Å². The highest BCUT2D eigenvalue weighted by atomic mass is 79.9. The number of ether oxygens (including phenoxy) is 1. The fourth-order valence-electron chi connectivity index (χ4n) is 1.82. The van der Waals surface area contributed by atoms with E-state index >= 15 is 0 Å². The van der Waals surface area contributed by atoms with E-state index in [1.54, 1.807) is 0 Å². The maximum atomic E-state index is 6.02. The summed E-state index contributed by atoms with van der Waals surface area (Å²) < 4.78 is 8.91. The van der Waals surface area contributed by atoms with Crippen LogP contribution in [0.3, 0.4) is 0 Å². The fourth-order valence-corrected chi connectivity index (χ4v) is 3.28. The van der Waals surface area contributed by atoms with Crippen LogP contribution in [0.15, 0.2) is 49.8 Å². The first-order valence-corrected chi connectivity index (χ1v) is 8.50. The molecule has 0 spiro atoms. The van der Waals surface area contributed by atoms with Crippen LogP contribution in [0.1, 0.15) is 12.5 Å². The summed E-state index contributed by atoms with van der Waals surface area (Å²) in [6.07, 6.45) is 0.775.